The Bertz CT molecular complexity index is 827. The monoisotopic (exact) mass is 381 g/mol. The van der Waals surface area contributed by atoms with E-state index in [9.17, 15) is 9.59 Å². The second-order valence-electron chi connectivity index (χ2n) is 7.28. The molecular weight excluding hydrogens is 354 g/mol. The molecule has 1 amide bonds. The molecule has 5 nitrogen and oxygen atoms in total. The van der Waals surface area contributed by atoms with Crippen molar-refractivity contribution >= 4 is 11.7 Å². The van der Waals surface area contributed by atoms with E-state index in [1.807, 2.05) is 0 Å². The number of hydrogen-bond donors (Lipinski definition) is 1. The fraction of sp³-hybridized carbons (Fsp3) is 0.391. The van der Waals surface area contributed by atoms with Gasteiger partial charge in [-0.1, -0.05) is 38.1 Å². The van der Waals surface area contributed by atoms with Crippen LogP contribution in [0.5, 0.6) is 11.5 Å². The van der Waals surface area contributed by atoms with Crippen molar-refractivity contribution in [2.24, 2.45) is 0 Å². The molecule has 0 radical (unpaired) electrons. The zero-order valence-electron chi connectivity index (χ0n) is 16.5. The fourth-order valence-corrected chi connectivity index (χ4v) is 3.09. The molecule has 2 aromatic rings. The molecule has 148 valence electrons. The number of rotatable bonds is 8. The van der Waals surface area contributed by atoms with Crippen molar-refractivity contribution in [2.75, 3.05) is 19.8 Å². The van der Waals surface area contributed by atoms with E-state index in [-0.39, 0.29) is 24.5 Å². The summed E-state index contributed by atoms with van der Waals surface area (Å²) >= 11 is 0. The van der Waals surface area contributed by atoms with Gasteiger partial charge in [-0.05, 0) is 41.7 Å². The highest BCUT2D eigenvalue weighted by Gasteiger charge is 2.15. The largest absolute Gasteiger partial charge is 0.486 e. The Morgan fingerprint density at radius 3 is 2.39 bits per heavy atom. The van der Waals surface area contributed by atoms with Gasteiger partial charge >= 0.3 is 0 Å². The lowest BCUT2D eigenvalue weighted by atomic mass is 10.0. The molecule has 1 heterocycles. The second-order valence-corrected chi connectivity index (χ2v) is 7.28. The summed E-state index contributed by atoms with van der Waals surface area (Å²) in [6.07, 6.45) is 1.13. The molecule has 0 fully saturated rings. The van der Waals surface area contributed by atoms with Gasteiger partial charge in [0.25, 0.3) is 0 Å². The first kappa shape index (κ1) is 19.9. The minimum Gasteiger partial charge on any atom is -0.486 e. The van der Waals surface area contributed by atoms with E-state index in [1.54, 1.807) is 18.2 Å². The average Bonchev–Trinajstić information content (AvgIpc) is 2.72. The van der Waals surface area contributed by atoms with Gasteiger partial charge in [0.15, 0.2) is 17.3 Å². The number of nitrogens with one attached hydrogen (secondary N) is 1. The molecule has 0 saturated heterocycles. The maximum Gasteiger partial charge on any atom is 0.220 e. The number of fused-ring (bicyclic) bond motifs is 1. The lowest BCUT2D eigenvalue weighted by Gasteiger charge is -2.18. The molecule has 0 atom stereocenters. The number of ether oxygens (including phenoxy) is 2. The van der Waals surface area contributed by atoms with E-state index < -0.39 is 0 Å². The molecular formula is C23H27NO4. The first-order valence-electron chi connectivity index (χ1n) is 9.81. The molecule has 5 heteroatoms. The number of hydrogen-bond acceptors (Lipinski definition) is 4. The zero-order valence-corrected chi connectivity index (χ0v) is 16.5. The van der Waals surface area contributed by atoms with Crippen LogP contribution in [0.2, 0.25) is 0 Å². The summed E-state index contributed by atoms with van der Waals surface area (Å²) in [4.78, 5) is 24.4. The Kier molecular flexibility index (Phi) is 6.69. The Morgan fingerprint density at radius 2 is 1.68 bits per heavy atom. The van der Waals surface area contributed by atoms with Crippen LogP contribution >= 0.6 is 0 Å². The predicted octanol–water partition coefficient (Wildman–Crippen LogP) is 3.90. The topological polar surface area (TPSA) is 64.6 Å². The molecule has 0 aliphatic carbocycles. The quantitative estimate of drug-likeness (QED) is 0.705. The van der Waals surface area contributed by atoms with Crippen LogP contribution in [0.1, 0.15) is 54.1 Å². The number of ketones is 1. The Morgan fingerprint density at radius 1 is 0.964 bits per heavy atom. The molecule has 3 rings (SSSR count). The standard InChI is InChI=1S/C23H27NO4/c1-16(2)18-5-3-17(4-6-18)11-12-24-23(26)10-8-20(25)19-7-9-21-22(15-19)28-14-13-27-21/h3-7,9,15-16H,8,10-14H2,1-2H3,(H,24,26). The predicted molar refractivity (Wildman–Crippen MR) is 108 cm³/mol. The SMILES string of the molecule is CC(C)c1ccc(CCNC(=O)CCC(=O)c2ccc3c(c2)OCCO3)cc1. The van der Waals surface area contributed by atoms with Crippen molar-refractivity contribution in [3.05, 3.63) is 59.2 Å². The van der Waals surface area contributed by atoms with Gasteiger partial charge in [0, 0.05) is 24.9 Å². The van der Waals surface area contributed by atoms with Gasteiger partial charge in [-0.2, -0.15) is 0 Å². The smallest absolute Gasteiger partial charge is 0.220 e. The summed E-state index contributed by atoms with van der Waals surface area (Å²) in [7, 11) is 0. The number of carbonyl (C=O) groups is 2. The van der Waals surface area contributed by atoms with Gasteiger partial charge in [0.05, 0.1) is 0 Å². The summed E-state index contributed by atoms with van der Waals surface area (Å²) in [5.41, 5.74) is 3.05. The minimum atomic E-state index is -0.107. The summed E-state index contributed by atoms with van der Waals surface area (Å²) < 4.78 is 11.0. The van der Waals surface area contributed by atoms with Crippen LogP contribution in [0.25, 0.3) is 0 Å². The first-order chi connectivity index (χ1) is 13.5. The van der Waals surface area contributed by atoms with E-state index in [2.05, 4.69) is 43.4 Å². The number of carbonyl (C=O) groups excluding carboxylic acids is 2. The van der Waals surface area contributed by atoms with Crippen molar-refractivity contribution in [3.63, 3.8) is 0 Å². The summed E-state index contributed by atoms with van der Waals surface area (Å²) in [6.45, 7) is 5.90. The molecule has 0 saturated carbocycles. The second kappa shape index (κ2) is 9.40. The zero-order chi connectivity index (χ0) is 19.9. The maximum absolute atomic E-state index is 12.3. The molecule has 28 heavy (non-hydrogen) atoms. The minimum absolute atomic E-state index is 0.0728. The number of amides is 1. The maximum atomic E-state index is 12.3. The molecule has 0 bridgehead atoms. The molecule has 1 N–H and O–H groups in total. The summed E-state index contributed by atoms with van der Waals surface area (Å²) in [6, 6.07) is 13.6. The van der Waals surface area contributed by atoms with Crippen LogP contribution < -0.4 is 14.8 Å². The molecule has 1 aliphatic rings. The molecule has 0 unspecified atom stereocenters. The van der Waals surface area contributed by atoms with Crippen LogP contribution in [0, 0.1) is 0 Å². The first-order valence-corrected chi connectivity index (χ1v) is 9.81. The molecule has 0 spiro atoms. The van der Waals surface area contributed by atoms with Crippen LogP contribution in [0.15, 0.2) is 42.5 Å². The third-order valence-electron chi connectivity index (χ3n) is 4.83. The van der Waals surface area contributed by atoms with E-state index in [1.165, 1.54) is 11.1 Å². The van der Waals surface area contributed by atoms with E-state index >= 15 is 0 Å². The van der Waals surface area contributed by atoms with Gasteiger partial charge in [-0.3, -0.25) is 9.59 Å². The van der Waals surface area contributed by atoms with Crippen molar-refractivity contribution in [3.8, 4) is 11.5 Å². The number of Topliss-reactive ketones (excluding diaryl/α,β-unsaturated/α-hetero) is 1. The van der Waals surface area contributed by atoms with E-state index in [4.69, 9.17) is 9.47 Å². The van der Waals surface area contributed by atoms with Crippen molar-refractivity contribution in [1.29, 1.82) is 0 Å². The summed E-state index contributed by atoms with van der Waals surface area (Å²) in [5, 5.41) is 2.89. The van der Waals surface area contributed by atoms with Gasteiger partial charge in [-0.25, -0.2) is 0 Å². The molecule has 1 aliphatic heterocycles. The van der Waals surface area contributed by atoms with Gasteiger partial charge in [0.2, 0.25) is 5.91 Å². The van der Waals surface area contributed by atoms with Crippen LogP contribution in [-0.2, 0) is 11.2 Å². The Hall–Kier alpha value is -2.82. The fourth-order valence-electron chi connectivity index (χ4n) is 3.09. The lowest BCUT2D eigenvalue weighted by molar-refractivity contribution is -0.121. The summed E-state index contributed by atoms with van der Waals surface area (Å²) in [5.74, 6) is 1.58. The normalized spacial score (nSPS) is 12.7. The van der Waals surface area contributed by atoms with E-state index in [0.717, 1.165) is 6.42 Å². The third-order valence-corrected chi connectivity index (χ3v) is 4.83. The highest BCUT2D eigenvalue weighted by Crippen LogP contribution is 2.31. The Labute approximate surface area is 166 Å². The third kappa shape index (κ3) is 5.35. The van der Waals surface area contributed by atoms with Gasteiger partial charge in [0.1, 0.15) is 13.2 Å². The van der Waals surface area contributed by atoms with Gasteiger partial charge in [-0.15, -0.1) is 0 Å². The van der Waals surface area contributed by atoms with Crippen molar-refractivity contribution in [1.82, 2.24) is 5.32 Å². The highest BCUT2D eigenvalue weighted by atomic mass is 16.6. The van der Waals surface area contributed by atoms with Crippen molar-refractivity contribution in [2.45, 2.75) is 39.0 Å². The Balaban J connectivity index is 1.41. The molecule has 0 aromatic heterocycles. The average molecular weight is 381 g/mol. The van der Waals surface area contributed by atoms with Crippen LogP contribution in [-0.4, -0.2) is 31.4 Å². The number of benzene rings is 2. The van der Waals surface area contributed by atoms with Gasteiger partial charge < -0.3 is 14.8 Å². The molecule has 2 aromatic carbocycles. The highest BCUT2D eigenvalue weighted by molar-refractivity contribution is 5.98. The van der Waals surface area contributed by atoms with Crippen LogP contribution in [0.4, 0.5) is 0 Å². The van der Waals surface area contributed by atoms with Crippen molar-refractivity contribution < 1.29 is 19.1 Å². The van der Waals surface area contributed by atoms with E-state index in [0.29, 0.717) is 42.7 Å². The lowest BCUT2D eigenvalue weighted by Crippen LogP contribution is -2.26. The van der Waals surface area contributed by atoms with Crippen LogP contribution in [0.3, 0.4) is 0 Å².